The Labute approximate surface area is 94.5 Å². The summed E-state index contributed by atoms with van der Waals surface area (Å²) in [4.78, 5) is 9.89. The van der Waals surface area contributed by atoms with Crippen LogP contribution in [0.1, 0.15) is 5.69 Å². The second kappa shape index (κ2) is 6.37. The molecule has 0 saturated carbocycles. The molecule has 6 nitrogen and oxygen atoms in total. The lowest BCUT2D eigenvalue weighted by molar-refractivity contribution is 0.0694. The third-order valence-corrected chi connectivity index (χ3v) is 2.09. The van der Waals surface area contributed by atoms with Crippen LogP contribution in [0.15, 0.2) is 12.4 Å². The van der Waals surface area contributed by atoms with E-state index in [-0.39, 0.29) is 13.2 Å². The molecule has 0 bridgehead atoms. The Morgan fingerprint density at radius 3 is 2.69 bits per heavy atom. The molecule has 16 heavy (non-hydrogen) atoms. The number of hydrogen-bond acceptors (Lipinski definition) is 6. The first-order valence-electron chi connectivity index (χ1n) is 4.97. The van der Waals surface area contributed by atoms with Crippen LogP contribution in [0.5, 0.6) is 0 Å². The van der Waals surface area contributed by atoms with Gasteiger partial charge >= 0.3 is 0 Å². The van der Waals surface area contributed by atoms with Crippen LogP contribution in [-0.4, -0.2) is 53.6 Å². The van der Waals surface area contributed by atoms with Gasteiger partial charge in [0.15, 0.2) is 0 Å². The van der Waals surface area contributed by atoms with Crippen molar-refractivity contribution in [3.8, 4) is 0 Å². The van der Waals surface area contributed by atoms with Gasteiger partial charge in [-0.25, -0.2) is 4.98 Å². The molecular weight excluding hydrogens is 210 g/mol. The van der Waals surface area contributed by atoms with Gasteiger partial charge in [0, 0.05) is 20.7 Å². The van der Waals surface area contributed by atoms with Gasteiger partial charge in [-0.3, -0.25) is 4.98 Å². The molecule has 0 fully saturated rings. The Balaban J connectivity index is 2.55. The molecule has 0 aromatic carbocycles. The standard InChI is InChI=1S/C10H17N3O3/c1-13(5-9(15)7-16-2)10-4-11-8(6-14)3-12-10/h3-4,9,14-15H,5-7H2,1-2H3. The van der Waals surface area contributed by atoms with Crippen molar-refractivity contribution in [1.29, 1.82) is 0 Å². The summed E-state index contributed by atoms with van der Waals surface area (Å²) < 4.78 is 4.83. The molecule has 1 atom stereocenters. The Morgan fingerprint density at radius 1 is 1.44 bits per heavy atom. The predicted octanol–water partition coefficient (Wildman–Crippen LogP) is -0.588. The third kappa shape index (κ3) is 3.73. The van der Waals surface area contributed by atoms with Crippen LogP contribution >= 0.6 is 0 Å². The summed E-state index contributed by atoms with van der Waals surface area (Å²) in [6, 6.07) is 0. The molecule has 1 heterocycles. The molecule has 1 rings (SSSR count). The molecule has 90 valence electrons. The highest BCUT2D eigenvalue weighted by atomic mass is 16.5. The van der Waals surface area contributed by atoms with E-state index in [1.165, 1.54) is 6.20 Å². The first-order chi connectivity index (χ1) is 7.67. The maximum Gasteiger partial charge on any atom is 0.146 e. The number of likely N-dealkylation sites (N-methyl/N-ethyl adjacent to an activating group) is 1. The molecule has 0 aliphatic heterocycles. The fourth-order valence-electron chi connectivity index (χ4n) is 1.28. The molecule has 0 radical (unpaired) electrons. The minimum absolute atomic E-state index is 0.122. The Kier molecular flexibility index (Phi) is 5.10. The maximum absolute atomic E-state index is 9.53. The highest BCUT2D eigenvalue weighted by molar-refractivity contribution is 5.34. The van der Waals surface area contributed by atoms with Crippen LogP contribution in [0.3, 0.4) is 0 Å². The zero-order valence-electron chi connectivity index (χ0n) is 9.50. The van der Waals surface area contributed by atoms with Gasteiger partial charge in [0.1, 0.15) is 5.82 Å². The van der Waals surface area contributed by atoms with Gasteiger partial charge in [0.25, 0.3) is 0 Å². The highest BCUT2D eigenvalue weighted by Crippen LogP contribution is 2.07. The molecule has 1 aromatic rings. The smallest absolute Gasteiger partial charge is 0.146 e. The van der Waals surface area contributed by atoms with E-state index < -0.39 is 6.10 Å². The quantitative estimate of drug-likeness (QED) is 0.676. The Bertz CT molecular complexity index is 305. The summed E-state index contributed by atoms with van der Waals surface area (Å²) >= 11 is 0. The zero-order chi connectivity index (χ0) is 12.0. The van der Waals surface area contributed by atoms with Crippen LogP contribution in [0.25, 0.3) is 0 Å². The van der Waals surface area contributed by atoms with Crippen molar-refractivity contribution in [2.75, 3.05) is 32.2 Å². The maximum atomic E-state index is 9.53. The minimum Gasteiger partial charge on any atom is -0.390 e. The van der Waals surface area contributed by atoms with E-state index in [4.69, 9.17) is 9.84 Å². The lowest BCUT2D eigenvalue weighted by atomic mass is 10.3. The van der Waals surface area contributed by atoms with Crippen molar-refractivity contribution in [1.82, 2.24) is 9.97 Å². The molecule has 6 heteroatoms. The summed E-state index contributed by atoms with van der Waals surface area (Å²) in [7, 11) is 3.35. The summed E-state index contributed by atoms with van der Waals surface area (Å²) in [5.41, 5.74) is 0.523. The van der Waals surface area contributed by atoms with Crippen molar-refractivity contribution in [2.24, 2.45) is 0 Å². The summed E-state index contributed by atoms with van der Waals surface area (Å²) in [5, 5.41) is 18.3. The number of ether oxygens (including phenoxy) is 1. The first-order valence-corrected chi connectivity index (χ1v) is 4.97. The molecule has 0 aliphatic rings. The summed E-state index contributed by atoms with van der Waals surface area (Å²) in [5.74, 6) is 0.646. The van der Waals surface area contributed by atoms with Crippen molar-refractivity contribution in [2.45, 2.75) is 12.7 Å². The number of nitrogens with zero attached hydrogens (tertiary/aromatic N) is 3. The van der Waals surface area contributed by atoms with Gasteiger partial charge in [-0.1, -0.05) is 0 Å². The van der Waals surface area contributed by atoms with Crippen LogP contribution in [0.4, 0.5) is 5.82 Å². The molecular formula is C10H17N3O3. The van der Waals surface area contributed by atoms with Gasteiger partial charge in [-0.2, -0.15) is 0 Å². The van der Waals surface area contributed by atoms with Gasteiger partial charge < -0.3 is 19.8 Å². The lowest BCUT2D eigenvalue weighted by Gasteiger charge is -2.20. The van der Waals surface area contributed by atoms with E-state index in [9.17, 15) is 5.11 Å². The monoisotopic (exact) mass is 227 g/mol. The van der Waals surface area contributed by atoms with Gasteiger partial charge in [0.2, 0.25) is 0 Å². The van der Waals surface area contributed by atoms with Crippen molar-refractivity contribution in [3.05, 3.63) is 18.1 Å². The van der Waals surface area contributed by atoms with E-state index in [0.29, 0.717) is 18.1 Å². The Hall–Kier alpha value is -1.24. The number of hydrogen-bond donors (Lipinski definition) is 2. The lowest BCUT2D eigenvalue weighted by Crippen LogP contribution is -2.32. The van der Waals surface area contributed by atoms with E-state index in [1.54, 1.807) is 18.2 Å². The van der Waals surface area contributed by atoms with Crippen LogP contribution in [-0.2, 0) is 11.3 Å². The van der Waals surface area contributed by atoms with E-state index in [0.717, 1.165) is 0 Å². The molecule has 0 saturated heterocycles. The number of methoxy groups -OCH3 is 1. The van der Waals surface area contributed by atoms with Crippen molar-refractivity contribution >= 4 is 5.82 Å². The normalized spacial score (nSPS) is 12.5. The van der Waals surface area contributed by atoms with Crippen molar-refractivity contribution < 1.29 is 14.9 Å². The Morgan fingerprint density at radius 2 is 2.19 bits per heavy atom. The average Bonchev–Trinajstić information content (AvgIpc) is 2.29. The number of aliphatic hydroxyl groups excluding tert-OH is 2. The van der Waals surface area contributed by atoms with Gasteiger partial charge in [-0.05, 0) is 0 Å². The summed E-state index contributed by atoms with van der Waals surface area (Å²) in [6.07, 6.45) is 2.51. The fraction of sp³-hybridized carbons (Fsp3) is 0.600. The highest BCUT2D eigenvalue weighted by Gasteiger charge is 2.09. The van der Waals surface area contributed by atoms with Crippen LogP contribution in [0.2, 0.25) is 0 Å². The molecule has 0 spiro atoms. The van der Waals surface area contributed by atoms with Crippen molar-refractivity contribution in [3.63, 3.8) is 0 Å². The molecule has 0 amide bonds. The molecule has 1 unspecified atom stereocenters. The second-order valence-electron chi connectivity index (χ2n) is 3.51. The largest absolute Gasteiger partial charge is 0.390 e. The van der Waals surface area contributed by atoms with E-state index >= 15 is 0 Å². The van der Waals surface area contributed by atoms with Crippen LogP contribution < -0.4 is 4.90 Å². The van der Waals surface area contributed by atoms with E-state index in [2.05, 4.69) is 9.97 Å². The fourth-order valence-corrected chi connectivity index (χ4v) is 1.28. The van der Waals surface area contributed by atoms with Gasteiger partial charge in [-0.15, -0.1) is 0 Å². The molecule has 1 aromatic heterocycles. The number of rotatable bonds is 6. The minimum atomic E-state index is -0.561. The number of anilines is 1. The molecule has 0 aliphatic carbocycles. The van der Waals surface area contributed by atoms with Gasteiger partial charge in [0.05, 0.1) is 37.4 Å². The number of aliphatic hydroxyl groups is 2. The average molecular weight is 227 g/mol. The summed E-state index contributed by atoms with van der Waals surface area (Å²) in [6.45, 7) is 0.580. The second-order valence-corrected chi connectivity index (χ2v) is 3.51. The SMILES string of the molecule is COCC(O)CN(C)c1cnc(CO)cn1. The predicted molar refractivity (Wildman–Crippen MR) is 59.1 cm³/mol. The number of aromatic nitrogens is 2. The van der Waals surface area contributed by atoms with Crippen LogP contribution in [0, 0.1) is 0 Å². The van der Waals surface area contributed by atoms with E-state index in [1.807, 2.05) is 7.05 Å². The third-order valence-electron chi connectivity index (χ3n) is 2.09. The zero-order valence-corrected chi connectivity index (χ0v) is 9.50. The topological polar surface area (TPSA) is 78.7 Å². The molecule has 2 N–H and O–H groups in total. The first kappa shape index (κ1) is 12.8.